The predicted octanol–water partition coefficient (Wildman–Crippen LogP) is 3.10. The Labute approximate surface area is 113 Å². The number of amides is 1. The molecule has 0 saturated carbocycles. The molecule has 0 aliphatic carbocycles. The van der Waals surface area contributed by atoms with Gasteiger partial charge in [-0.25, -0.2) is 4.98 Å². The van der Waals surface area contributed by atoms with Crippen LogP contribution >= 0.6 is 11.3 Å². The summed E-state index contributed by atoms with van der Waals surface area (Å²) in [7, 11) is 0. The summed E-state index contributed by atoms with van der Waals surface area (Å²) in [5, 5.41) is 1.06. The molecule has 3 nitrogen and oxygen atoms in total. The fourth-order valence-corrected chi connectivity index (χ4v) is 3.32. The van der Waals surface area contributed by atoms with Crippen LogP contribution in [-0.4, -0.2) is 28.9 Å². The highest BCUT2D eigenvalue weighted by Crippen LogP contribution is 2.18. The van der Waals surface area contributed by atoms with Gasteiger partial charge in [-0.2, -0.15) is 0 Å². The van der Waals surface area contributed by atoms with Gasteiger partial charge in [-0.3, -0.25) is 4.79 Å². The van der Waals surface area contributed by atoms with Crippen LogP contribution in [0.4, 0.5) is 0 Å². The van der Waals surface area contributed by atoms with Gasteiger partial charge >= 0.3 is 0 Å². The van der Waals surface area contributed by atoms with Gasteiger partial charge in [-0.05, 0) is 26.7 Å². The number of rotatable bonds is 2. The summed E-state index contributed by atoms with van der Waals surface area (Å²) >= 11 is 1.68. The molecule has 1 aliphatic heterocycles. The van der Waals surface area contributed by atoms with Gasteiger partial charge in [0.1, 0.15) is 0 Å². The van der Waals surface area contributed by atoms with E-state index >= 15 is 0 Å². The topological polar surface area (TPSA) is 33.2 Å². The Morgan fingerprint density at radius 3 is 2.33 bits per heavy atom. The summed E-state index contributed by atoms with van der Waals surface area (Å²) in [6, 6.07) is 0. The second-order valence-corrected chi connectivity index (χ2v) is 6.47. The van der Waals surface area contributed by atoms with E-state index in [0.29, 0.717) is 6.42 Å². The molecule has 0 aromatic carbocycles. The van der Waals surface area contributed by atoms with E-state index in [2.05, 4.69) is 11.9 Å². The minimum atomic E-state index is 0.255. The molecule has 2 rings (SSSR count). The molecule has 1 fully saturated rings. The number of carbonyl (C=O) groups is 1. The average Bonchev–Trinajstić information content (AvgIpc) is 2.56. The second-order valence-electron chi connectivity index (χ2n) is 5.06. The van der Waals surface area contributed by atoms with E-state index in [1.165, 1.54) is 24.1 Å². The van der Waals surface area contributed by atoms with Gasteiger partial charge < -0.3 is 4.90 Å². The van der Waals surface area contributed by atoms with Crippen LogP contribution in [0.3, 0.4) is 0 Å². The first-order valence-corrected chi connectivity index (χ1v) is 7.69. The molecule has 1 aliphatic rings. The summed E-state index contributed by atoms with van der Waals surface area (Å²) in [6.45, 7) is 5.92. The molecule has 18 heavy (non-hydrogen) atoms. The molecular formula is C14H22N2OS. The molecule has 0 N–H and O–H groups in total. The van der Waals surface area contributed by atoms with Crippen molar-refractivity contribution in [3.8, 4) is 0 Å². The predicted molar refractivity (Wildman–Crippen MR) is 75.0 cm³/mol. The van der Waals surface area contributed by atoms with E-state index in [1.807, 2.05) is 11.8 Å². The van der Waals surface area contributed by atoms with Crippen LogP contribution < -0.4 is 0 Å². The number of aryl methyl sites for hydroxylation is 2. The quantitative estimate of drug-likeness (QED) is 0.824. The molecule has 4 heteroatoms. The number of hydrogen-bond acceptors (Lipinski definition) is 3. The van der Waals surface area contributed by atoms with Crippen molar-refractivity contribution >= 4 is 17.2 Å². The van der Waals surface area contributed by atoms with E-state index < -0.39 is 0 Å². The van der Waals surface area contributed by atoms with Gasteiger partial charge in [0.25, 0.3) is 0 Å². The Balaban J connectivity index is 1.95. The van der Waals surface area contributed by atoms with Crippen LogP contribution in [0.5, 0.6) is 0 Å². The zero-order chi connectivity index (χ0) is 13.0. The number of nitrogens with zero attached hydrogens (tertiary/aromatic N) is 2. The number of aromatic nitrogens is 1. The fraction of sp³-hybridized carbons (Fsp3) is 0.714. The maximum Gasteiger partial charge on any atom is 0.228 e. The van der Waals surface area contributed by atoms with Crippen molar-refractivity contribution < 1.29 is 4.79 Å². The van der Waals surface area contributed by atoms with Crippen LogP contribution in [0.15, 0.2) is 0 Å². The fourth-order valence-electron chi connectivity index (χ4n) is 2.49. The lowest BCUT2D eigenvalue weighted by Gasteiger charge is -2.24. The normalized spacial score (nSPS) is 17.3. The summed E-state index contributed by atoms with van der Waals surface area (Å²) < 4.78 is 0. The van der Waals surface area contributed by atoms with Crippen molar-refractivity contribution in [1.82, 2.24) is 9.88 Å². The Hall–Kier alpha value is -0.900. The molecule has 0 radical (unpaired) electrons. The van der Waals surface area contributed by atoms with Crippen molar-refractivity contribution in [2.45, 2.75) is 52.4 Å². The third kappa shape index (κ3) is 3.55. The number of thiazole rings is 1. The van der Waals surface area contributed by atoms with Crippen molar-refractivity contribution in [1.29, 1.82) is 0 Å². The van der Waals surface area contributed by atoms with Crippen LogP contribution in [0.1, 0.15) is 47.7 Å². The van der Waals surface area contributed by atoms with E-state index in [4.69, 9.17) is 0 Å². The number of likely N-dealkylation sites (tertiary alicyclic amines) is 1. The average molecular weight is 266 g/mol. The standard InChI is InChI=1S/C14H22N2OS/c1-11-13(15-12(2)18-11)10-14(17)16-8-6-4-3-5-7-9-16/h3-10H2,1-2H3. The molecule has 0 spiro atoms. The highest BCUT2D eigenvalue weighted by atomic mass is 32.1. The SMILES string of the molecule is Cc1nc(CC(=O)N2CCCCCCC2)c(C)s1. The van der Waals surface area contributed by atoms with Crippen LogP contribution in [-0.2, 0) is 11.2 Å². The minimum Gasteiger partial charge on any atom is -0.342 e. The van der Waals surface area contributed by atoms with E-state index in [9.17, 15) is 4.79 Å². The van der Waals surface area contributed by atoms with E-state index in [0.717, 1.165) is 36.6 Å². The van der Waals surface area contributed by atoms with E-state index in [1.54, 1.807) is 11.3 Å². The zero-order valence-electron chi connectivity index (χ0n) is 11.4. The van der Waals surface area contributed by atoms with Crippen molar-refractivity contribution in [2.24, 2.45) is 0 Å². The molecule has 1 amide bonds. The second kappa shape index (κ2) is 6.32. The number of hydrogen-bond donors (Lipinski definition) is 0. The van der Waals surface area contributed by atoms with Gasteiger partial charge in [0.15, 0.2) is 0 Å². The zero-order valence-corrected chi connectivity index (χ0v) is 12.2. The van der Waals surface area contributed by atoms with Gasteiger partial charge in [-0.15, -0.1) is 11.3 Å². The van der Waals surface area contributed by atoms with Crippen molar-refractivity contribution in [2.75, 3.05) is 13.1 Å². The summed E-state index contributed by atoms with van der Waals surface area (Å²) in [5.41, 5.74) is 0.976. The molecular weight excluding hydrogens is 244 g/mol. The third-order valence-electron chi connectivity index (χ3n) is 3.53. The molecule has 1 aromatic heterocycles. The van der Waals surface area contributed by atoms with Gasteiger partial charge in [0.05, 0.1) is 17.1 Å². The monoisotopic (exact) mass is 266 g/mol. The molecule has 0 unspecified atom stereocenters. The Morgan fingerprint density at radius 1 is 1.17 bits per heavy atom. The minimum absolute atomic E-state index is 0.255. The largest absolute Gasteiger partial charge is 0.342 e. The number of carbonyl (C=O) groups excluding carboxylic acids is 1. The Kier molecular flexibility index (Phi) is 4.75. The lowest BCUT2D eigenvalue weighted by Crippen LogP contribution is -2.35. The Bertz CT molecular complexity index is 406. The van der Waals surface area contributed by atoms with Gasteiger partial charge in [0.2, 0.25) is 5.91 Å². The molecule has 2 heterocycles. The van der Waals surface area contributed by atoms with Crippen LogP contribution in [0.25, 0.3) is 0 Å². The Morgan fingerprint density at radius 2 is 1.78 bits per heavy atom. The molecule has 0 bridgehead atoms. The van der Waals surface area contributed by atoms with Crippen molar-refractivity contribution in [3.05, 3.63) is 15.6 Å². The van der Waals surface area contributed by atoms with Crippen molar-refractivity contribution in [3.63, 3.8) is 0 Å². The first kappa shape index (κ1) is 13.5. The third-order valence-corrected chi connectivity index (χ3v) is 4.46. The highest BCUT2D eigenvalue weighted by Gasteiger charge is 2.17. The molecule has 0 atom stereocenters. The summed E-state index contributed by atoms with van der Waals surface area (Å²) in [5.74, 6) is 0.255. The first-order chi connectivity index (χ1) is 8.66. The maximum atomic E-state index is 12.3. The van der Waals surface area contributed by atoms with Gasteiger partial charge in [0, 0.05) is 18.0 Å². The van der Waals surface area contributed by atoms with Gasteiger partial charge in [-0.1, -0.05) is 19.3 Å². The van der Waals surface area contributed by atoms with E-state index in [-0.39, 0.29) is 5.91 Å². The lowest BCUT2D eigenvalue weighted by molar-refractivity contribution is -0.130. The van der Waals surface area contributed by atoms with Crippen LogP contribution in [0, 0.1) is 13.8 Å². The highest BCUT2D eigenvalue weighted by molar-refractivity contribution is 7.11. The summed E-state index contributed by atoms with van der Waals surface area (Å²) in [4.78, 5) is 20.0. The molecule has 1 saturated heterocycles. The summed E-state index contributed by atoms with van der Waals surface area (Å²) in [6.07, 6.45) is 6.64. The smallest absolute Gasteiger partial charge is 0.228 e. The molecule has 100 valence electrons. The molecule has 1 aromatic rings. The first-order valence-electron chi connectivity index (χ1n) is 6.87. The maximum absolute atomic E-state index is 12.3. The lowest BCUT2D eigenvalue weighted by atomic mass is 10.1. The van der Waals surface area contributed by atoms with Crippen LogP contribution in [0.2, 0.25) is 0 Å².